The third kappa shape index (κ3) is 5.15. The van der Waals surface area contributed by atoms with Crippen molar-refractivity contribution in [2.24, 2.45) is 0 Å². The molecule has 3 aromatic rings. The van der Waals surface area contributed by atoms with Crippen LogP contribution in [0.25, 0.3) is 5.57 Å². The van der Waals surface area contributed by atoms with Gasteiger partial charge in [-0.3, -0.25) is 0 Å². The van der Waals surface area contributed by atoms with E-state index in [-0.39, 0.29) is 0 Å². The number of nitrogens with zero attached hydrogens (tertiary/aromatic N) is 1. The molecule has 0 saturated heterocycles. The molecule has 2 nitrogen and oxygen atoms in total. The lowest BCUT2D eigenvalue weighted by atomic mass is 9.93. The molecule has 0 radical (unpaired) electrons. The van der Waals surface area contributed by atoms with Gasteiger partial charge in [-0.05, 0) is 60.2 Å². The number of para-hydroxylation sites is 1. The Morgan fingerprint density at radius 3 is 2.16 bits per heavy atom. The van der Waals surface area contributed by atoms with E-state index in [9.17, 15) is 0 Å². The second-order valence-corrected chi connectivity index (χ2v) is 8.17. The third-order valence-electron chi connectivity index (χ3n) is 5.91. The molecule has 0 N–H and O–H groups in total. The summed E-state index contributed by atoms with van der Waals surface area (Å²) in [6, 6.07) is 26.0. The Bertz CT molecular complexity index is 1020. The maximum atomic E-state index is 5.82. The van der Waals surface area contributed by atoms with E-state index in [1.54, 1.807) is 6.08 Å². The number of hydrogen-bond donors (Lipinski definition) is 0. The van der Waals surface area contributed by atoms with Crippen LogP contribution in [0.4, 0.5) is 0 Å². The fraction of sp³-hybridized carbons (Fsp3) is 0.241. The van der Waals surface area contributed by atoms with E-state index in [1.807, 2.05) is 12.1 Å². The lowest BCUT2D eigenvalue weighted by molar-refractivity contribution is 0.314. The Morgan fingerprint density at radius 2 is 1.48 bits per heavy atom. The van der Waals surface area contributed by atoms with Crippen LogP contribution in [0.1, 0.15) is 34.2 Å². The van der Waals surface area contributed by atoms with E-state index in [0.29, 0.717) is 6.61 Å². The second-order valence-electron chi connectivity index (χ2n) is 8.17. The fourth-order valence-electron chi connectivity index (χ4n) is 4.36. The van der Waals surface area contributed by atoms with Crippen molar-refractivity contribution in [1.29, 1.82) is 0 Å². The predicted octanol–water partition coefficient (Wildman–Crippen LogP) is 6.30. The summed E-state index contributed by atoms with van der Waals surface area (Å²) in [5, 5.41) is 0. The first-order valence-corrected chi connectivity index (χ1v) is 11.1. The second kappa shape index (κ2) is 10.3. The highest BCUT2D eigenvalue weighted by molar-refractivity contribution is 5.83. The van der Waals surface area contributed by atoms with E-state index in [2.05, 4.69) is 85.3 Å². The maximum absolute atomic E-state index is 5.82. The molecule has 0 heterocycles. The third-order valence-corrected chi connectivity index (χ3v) is 5.91. The Hall–Kier alpha value is -3.10. The van der Waals surface area contributed by atoms with Crippen LogP contribution in [0.5, 0.6) is 5.75 Å². The Balaban J connectivity index is 1.50. The van der Waals surface area contributed by atoms with Crippen LogP contribution in [0.3, 0.4) is 0 Å². The highest BCUT2D eigenvalue weighted by atomic mass is 16.5. The molecule has 0 aromatic heterocycles. The van der Waals surface area contributed by atoms with E-state index >= 15 is 0 Å². The minimum absolute atomic E-state index is 0.533. The Kier molecular flexibility index (Phi) is 7.01. The van der Waals surface area contributed by atoms with E-state index in [0.717, 1.165) is 38.1 Å². The normalized spacial score (nSPS) is 12.6. The number of rotatable bonds is 8. The molecule has 1 aliphatic rings. The van der Waals surface area contributed by atoms with Crippen molar-refractivity contribution >= 4 is 5.57 Å². The molecule has 0 amide bonds. The molecule has 0 bridgehead atoms. The van der Waals surface area contributed by atoms with Crippen molar-refractivity contribution in [2.75, 3.05) is 20.2 Å². The minimum Gasteiger partial charge on any atom is -0.489 e. The number of hydrogen-bond acceptors (Lipinski definition) is 2. The van der Waals surface area contributed by atoms with Gasteiger partial charge < -0.3 is 9.64 Å². The van der Waals surface area contributed by atoms with E-state index in [4.69, 9.17) is 4.74 Å². The van der Waals surface area contributed by atoms with Gasteiger partial charge in [0.05, 0.1) is 0 Å². The number of aryl methyl sites for hydroxylation is 2. The monoisotopic (exact) mass is 409 g/mol. The van der Waals surface area contributed by atoms with E-state index < -0.39 is 0 Å². The lowest BCUT2D eigenvalue weighted by Crippen LogP contribution is -2.19. The molecule has 4 rings (SSSR count). The van der Waals surface area contributed by atoms with Crippen LogP contribution in [0.15, 0.2) is 91.5 Å². The summed E-state index contributed by atoms with van der Waals surface area (Å²) < 4.78 is 5.82. The van der Waals surface area contributed by atoms with Gasteiger partial charge in [-0.15, -0.1) is 0 Å². The minimum atomic E-state index is 0.533. The zero-order valence-electron chi connectivity index (χ0n) is 18.4. The van der Waals surface area contributed by atoms with Crippen molar-refractivity contribution in [3.05, 3.63) is 119 Å². The maximum Gasteiger partial charge on any atom is 0.124 e. The standard InChI is InChI=1S/C29H31NO/c1-3-21-31-29-17-9-6-13-25(29)22-30(2)20-10-16-28-26-14-7-4-11-23(26)18-19-24-12-5-8-15-27(24)28/h3-9,11-17H,1,10,18-22H2,2H3. The van der Waals surface area contributed by atoms with Crippen molar-refractivity contribution in [3.63, 3.8) is 0 Å². The molecule has 0 aliphatic heterocycles. The molecule has 31 heavy (non-hydrogen) atoms. The van der Waals surface area contributed by atoms with Crippen LogP contribution in [0, 0.1) is 0 Å². The van der Waals surface area contributed by atoms with Gasteiger partial charge in [0, 0.05) is 18.7 Å². The summed E-state index contributed by atoms with van der Waals surface area (Å²) in [4.78, 5) is 2.36. The van der Waals surface area contributed by atoms with Gasteiger partial charge in [0.25, 0.3) is 0 Å². The average Bonchev–Trinajstić information content (AvgIpc) is 2.96. The van der Waals surface area contributed by atoms with Crippen molar-refractivity contribution in [1.82, 2.24) is 4.90 Å². The first-order chi connectivity index (χ1) is 15.3. The van der Waals surface area contributed by atoms with Crippen molar-refractivity contribution in [3.8, 4) is 5.75 Å². The van der Waals surface area contributed by atoms with Crippen LogP contribution in [0.2, 0.25) is 0 Å². The van der Waals surface area contributed by atoms with Gasteiger partial charge in [-0.1, -0.05) is 85.5 Å². The van der Waals surface area contributed by atoms with Gasteiger partial charge >= 0.3 is 0 Å². The van der Waals surface area contributed by atoms with Crippen LogP contribution in [-0.2, 0) is 19.4 Å². The summed E-state index contributed by atoms with van der Waals surface area (Å²) in [6.45, 7) is 6.14. The molecule has 3 aromatic carbocycles. The summed E-state index contributed by atoms with van der Waals surface area (Å²) in [5.74, 6) is 0.944. The van der Waals surface area contributed by atoms with Gasteiger partial charge in [0.2, 0.25) is 0 Å². The Morgan fingerprint density at radius 1 is 0.871 bits per heavy atom. The van der Waals surface area contributed by atoms with Crippen LogP contribution < -0.4 is 4.74 Å². The highest BCUT2D eigenvalue weighted by Crippen LogP contribution is 2.33. The average molecular weight is 410 g/mol. The molecule has 158 valence electrons. The summed E-state index contributed by atoms with van der Waals surface area (Å²) >= 11 is 0. The molecule has 0 spiro atoms. The van der Waals surface area contributed by atoms with Crippen molar-refractivity contribution < 1.29 is 4.74 Å². The summed E-state index contributed by atoms with van der Waals surface area (Å²) in [7, 11) is 2.18. The quantitative estimate of drug-likeness (QED) is 0.405. The van der Waals surface area contributed by atoms with Crippen molar-refractivity contribution in [2.45, 2.75) is 25.8 Å². The molecular weight excluding hydrogens is 378 g/mol. The largest absolute Gasteiger partial charge is 0.489 e. The molecule has 2 heteroatoms. The first-order valence-electron chi connectivity index (χ1n) is 11.1. The molecule has 0 unspecified atom stereocenters. The topological polar surface area (TPSA) is 12.5 Å². The molecule has 0 saturated carbocycles. The van der Waals surface area contributed by atoms with E-state index in [1.165, 1.54) is 33.4 Å². The van der Waals surface area contributed by atoms with Gasteiger partial charge in [-0.2, -0.15) is 0 Å². The summed E-state index contributed by atoms with van der Waals surface area (Å²) in [6.07, 6.45) is 7.43. The summed E-state index contributed by atoms with van der Waals surface area (Å²) in [5.41, 5.74) is 8.27. The smallest absolute Gasteiger partial charge is 0.124 e. The molecule has 1 aliphatic carbocycles. The molecule has 0 fully saturated rings. The van der Waals surface area contributed by atoms with Crippen LogP contribution in [-0.4, -0.2) is 25.1 Å². The molecule has 0 atom stereocenters. The van der Waals surface area contributed by atoms with Gasteiger partial charge in [-0.25, -0.2) is 0 Å². The number of ether oxygens (including phenoxy) is 1. The molecular formula is C29H31NO. The highest BCUT2D eigenvalue weighted by Gasteiger charge is 2.17. The van der Waals surface area contributed by atoms with Gasteiger partial charge in [0.1, 0.15) is 12.4 Å². The SMILES string of the molecule is C=CCOc1ccccc1CN(C)CCC=C1c2ccccc2CCc2ccccc21. The van der Waals surface area contributed by atoms with Gasteiger partial charge in [0.15, 0.2) is 0 Å². The lowest BCUT2D eigenvalue weighted by Gasteiger charge is -2.19. The predicted molar refractivity (Wildman–Crippen MR) is 130 cm³/mol. The van der Waals surface area contributed by atoms with Crippen LogP contribution >= 0.6 is 0 Å². The zero-order valence-corrected chi connectivity index (χ0v) is 18.4. The fourth-order valence-corrected chi connectivity index (χ4v) is 4.36. The Labute approximate surface area is 186 Å². The zero-order chi connectivity index (χ0) is 21.5. The number of benzene rings is 3. The first kappa shape index (κ1) is 21.1. The number of fused-ring (bicyclic) bond motifs is 2.